The molecule has 0 amide bonds. The maximum Gasteiger partial charge on any atom is 0.0934 e. The first-order chi connectivity index (χ1) is 5.88. The normalized spacial score (nSPS) is 10.2. The zero-order chi connectivity index (χ0) is 8.81. The van der Waals surface area contributed by atoms with Crippen LogP contribution in [0.2, 0.25) is 0 Å². The monoisotopic (exact) mass is 165 g/mol. The zero-order valence-corrected chi connectivity index (χ0v) is 7.38. The highest BCUT2D eigenvalue weighted by molar-refractivity contribution is 5.26. The second-order valence-electron chi connectivity index (χ2n) is 2.71. The van der Waals surface area contributed by atoms with Crippen molar-refractivity contribution < 1.29 is 5.11 Å². The number of benzene rings is 1. The summed E-state index contributed by atoms with van der Waals surface area (Å²) in [6.45, 7) is 2.93. The smallest absolute Gasteiger partial charge is 0.0934 e. The molecule has 2 heteroatoms. The van der Waals surface area contributed by atoms with Gasteiger partial charge in [-0.2, -0.15) is 0 Å². The molecular weight excluding hydrogens is 150 g/mol. The molecule has 66 valence electrons. The quantitative estimate of drug-likeness (QED) is 0.659. The minimum absolute atomic E-state index is 0.0397. The van der Waals surface area contributed by atoms with Crippen molar-refractivity contribution >= 4 is 0 Å². The molecule has 0 aromatic heterocycles. The van der Waals surface area contributed by atoms with Gasteiger partial charge in [-0.25, -0.2) is 0 Å². The lowest BCUT2D eigenvalue weighted by Gasteiger charge is -2.06. The molecule has 0 saturated heterocycles. The SMILES string of the molecule is CCc1ccccc1CNCO. The van der Waals surface area contributed by atoms with E-state index in [9.17, 15) is 0 Å². The molecule has 0 radical (unpaired) electrons. The largest absolute Gasteiger partial charge is 0.381 e. The van der Waals surface area contributed by atoms with Gasteiger partial charge in [-0.15, -0.1) is 0 Å². The van der Waals surface area contributed by atoms with Crippen molar-refractivity contribution in [1.82, 2.24) is 5.32 Å². The van der Waals surface area contributed by atoms with Crippen LogP contribution in [0.15, 0.2) is 24.3 Å². The molecule has 1 rings (SSSR count). The van der Waals surface area contributed by atoms with Crippen molar-refractivity contribution in [3.05, 3.63) is 35.4 Å². The van der Waals surface area contributed by atoms with Gasteiger partial charge in [0.15, 0.2) is 0 Å². The highest BCUT2D eigenvalue weighted by atomic mass is 16.3. The summed E-state index contributed by atoms with van der Waals surface area (Å²) >= 11 is 0. The predicted octanol–water partition coefficient (Wildman–Crippen LogP) is 1.29. The molecule has 1 aromatic carbocycles. The van der Waals surface area contributed by atoms with E-state index in [0.717, 1.165) is 13.0 Å². The second kappa shape index (κ2) is 4.91. The van der Waals surface area contributed by atoms with Gasteiger partial charge in [0.25, 0.3) is 0 Å². The Morgan fingerprint density at radius 1 is 1.25 bits per heavy atom. The van der Waals surface area contributed by atoms with E-state index in [1.807, 2.05) is 12.1 Å². The minimum Gasteiger partial charge on any atom is -0.381 e. The lowest BCUT2D eigenvalue weighted by atomic mass is 10.1. The van der Waals surface area contributed by atoms with Gasteiger partial charge in [-0.1, -0.05) is 31.2 Å². The van der Waals surface area contributed by atoms with E-state index >= 15 is 0 Å². The Morgan fingerprint density at radius 3 is 2.50 bits per heavy atom. The van der Waals surface area contributed by atoms with Gasteiger partial charge in [0.2, 0.25) is 0 Å². The van der Waals surface area contributed by atoms with E-state index in [1.54, 1.807) is 0 Å². The first kappa shape index (κ1) is 9.23. The van der Waals surface area contributed by atoms with E-state index in [0.29, 0.717) is 0 Å². The summed E-state index contributed by atoms with van der Waals surface area (Å²) in [6, 6.07) is 8.27. The van der Waals surface area contributed by atoms with Crippen LogP contribution >= 0.6 is 0 Å². The highest BCUT2D eigenvalue weighted by Crippen LogP contribution is 2.08. The summed E-state index contributed by atoms with van der Waals surface area (Å²) in [5.74, 6) is 0. The van der Waals surface area contributed by atoms with Crippen molar-refractivity contribution in [3.8, 4) is 0 Å². The van der Waals surface area contributed by atoms with Crippen LogP contribution in [0.3, 0.4) is 0 Å². The first-order valence-corrected chi connectivity index (χ1v) is 4.26. The van der Waals surface area contributed by atoms with Crippen molar-refractivity contribution in [2.75, 3.05) is 6.73 Å². The number of nitrogens with one attached hydrogen (secondary N) is 1. The van der Waals surface area contributed by atoms with Crippen LogP contribution in [0.25, 0.3) is 0 Å². The van der Waals surface area contributed by atoms with Crippen LogP contribution < -0.4 is 5.32 Å². The van der Waals surface area contributed by atoms with Crippen LogP contribution in [0, 0.1) is 0 Å². The topological polar surface area (TPSA) is 32.3 Å². The van der Waals surface area contributed by atoms with E-state index in [2.05, 4.69) is 24.4 Å². The first-order valence-electron chi connectivity index (χ1n) is 4.26. The molecular formula is C10H15NO. The Balaban J connectivity index is 2.68. The van der Waals surface area contributed by atoms with Gasteiger partial charge < -0.3 is 5.11 Å². The summed E-state index contributed by atoms with van der Waals surface area (Å²) < 4.78 is 0. The van der Waals surface area contributed by atoms with Gasteiger partial charge in [0.05, 0.1) is 6.73 Å². The van der Waals surface area contributed by atoms with Crippen molar-refractivity contribution in [2.24, 2.45) is 0 Å². The van der Waals surface area contributed by atoms with E-state index in [4.69, 9.17) is 5.11 Å². The average molecular weight is 165 g/mol. The molecule has 0 fully saturated rings. The molecule has 12 heavy (non-hydrogen) atoms. The third kappa shape index (κ3) is 2.32. The number of aryl methyl sites for hydroxylation is 1. The van der Waals surface area contributed by atoms with Crippen LogP contribution in [0.5, 0.6) is 0 Å². The number of hydrogen-bond donors (Lipinski definition) is 2. The Labute approximate surface area is 73.2 Å². The van der Waals surface area contributed by atoms with Crippen LogP contribution in [-0.4, -0.2) is 11.8 Å². The van der Waals surface area contributed by atoms with E-state index < -0.39 is 0 Å². The van der Waals surface area contributed by atoms with Crippen LogP contribution in [0.1, 0.15) is 18.1 Å². The van der Waals surface area contributed by atoms with Crippen molar-refractivity contribution in [1.29, 1.82) is 0 Å². The maximum atomic E-state index is 8.58. The summed E-state index contributed by atoms with van der Waals surface area (Å²) in [4.78, 5) is 0. The molecule has 2 N–H and O–H groups in total. The summed E-state index contributed by atoms with van der Waals surface area (Å²) in [5, 5.41) is 11.5. The Bertz CT molecular complexity index is 235. The fraction of sp³-hybridized carbons (Fsp3) is 0.400. The summed E-state index contributed by atoms with van der Waals surface area (Å²) in [6.07, 6.45) is 1.04. The summed E-state index contributed by atoms with van der Waals surface area (Å²) in [7, 11) is 0. The Hall–Kier alpha value is -0.860. The average Bonchev–Trinajstić information content (AvgIpc) is 2.15. The maximum absolute atomic E-state index is 8.58. The predicted molar refractivity (Wildman–Crippen MR) is 49.7 cm³/mol. The van der Waals surface area contributed by atoms with Gasteiger partial charge in [-0.3, -0.25) is 5.32 Å². The van der Waals surface area contributed by atoms with Gasteiger partial charge >= 0.3 is 0 Å². The Kier molecular flexibility index (Phi) is 3.77. The van der Waals surface area contributed by atoms with Gasteiger partial charge in [0, 0.05) is 6.54 Å². The molecule has 2 nitrogen and oxygen atoms in total. The zero-order valence-electron chi connectivity index (χ0n) is 7.38. The lowest BCUT2D eigenvalue weighted by Crippen LogP contribution is -2.14. The van der Waals surface area contributed by atoms with Crippen LogP contribution in [-0.2, 0) is 13.0 Å². The second-order valence-corrected chi connectivity index (χ2v) is 2.71. The van der Waals surface area contributed by atoms with E-state index in [1.165, 1.54) is 11.1 Å². The minimum atomic E-state index is 0.0397. The molecule has 0 unspecified atom stereocenters. The van der Waals surface area contributed by atoms with E-state index in [-0.39, 0.29) is 6.73 Å². The van der Waals surface area contributed by atoms with Gasteiger partial charge in [-0.05, 0) is 17.5 Å². The Morgan fingerprint density at radius 2 is 1.92 bits per heavy atom. The third-order valence-corrected chi connectivity index (χ3v) is 1.93. The molecule has 0 aliphatic rings. The lowest BCUT2D eigenvalue weighted by molar-refractivity contribution is 0.259. The van der Waals surface area contributed by atoms with Crippen LogP contribution in [0.4, 0.5) is 0 Å². The number of aliphatic hydroxyl groups is 1. The molecule has 0 heterocycles. The highest BCUT2D eigenvalue weighted by Gasteiger charge is 1.97. The molecule has 0 atom stereocenters. The van der Waals surface area contributed by atoms with Gasteiger partial charge in [0.1, 0.15) is 0 Å². The van der Waals surface area contributed by atoms with Crippen molar-refractivity contribution in [3.63, 3.8) is 0 Å². The number of aliphatic hydroxyl groups excluding tert-OH is 1. The number of rotatable bonds is 4. The number of hydrogen-bond acceptors (Lipinski definition) is 2. The third-order valence-electron chi connectivity index (χ3n) is 1.93. The molecule has 0 bridgehead atoms. The fourth-order valence-corrected chi connectivity index (χ4v) is 1.27. The molecule has 0 aliphatic carbocycles. The summed E-state index contributed by atoms with van der Waals surface area (Å²) in [5.41, 5.74) is 2.62. The standard InChI is InChI=1S/C10H15NO/c1-2-9-5-3-4-6-10(9)7-11-8-12/h3-6,11-12H,2,7-8H2,1H3. The molecule has 1 aromatic rings. The molecule has 0 saturated carbocycles. The van der Waals surface area contributed by atoms with Crippen molar-refractivity contribution in [2.45, 2.75) is 19.9 Å². The molecule has 0 spiro atoms. The fourth-order valence-electron chi connectivity index (χ4n) is 1.27. The molecule has 0 aliphatic heterocycles.